The average molecular weight is 161 g/mol. The van der Waals surface area contributed by atoms with Gasteiger partial charge in [-0.15, -0.1) is 0 Å². The molecule has 0 bridgehead atoms. The van der Waals surface area contributed by atoms with Gasteiger partial charge in [0.2, 0.25) is 0 Å². The van der Waals surface area contributed by atoms with Crippen molar-refractivity contribution >= 4 is 5.69 Å². The van der Waals surface area contributed by atoms with Crippen molar-refractivity contribution in [1.82, 2.24) is 0 Å². The number of hydrogen-bond acceptors (Lipinski definition) is 1. The SMILES string of the molecule is Nc1cc(F)ccc1C(F)F. The van der Waals surface area contributed by atoms with Crippen molar-refractivity contribution in [2.75, 3.05) is 5.73 Å². The van der Waals surface area contributed by atoms with Crippen LogP contribution in [0.5, 0.6) is 0 Å². The molecule has 1 aromatic carbocycles. The zero-order valence-corrected chi connectivity index (χ0v) is 5.52. The Balaban J connectivity index is 3.09. The molecule has 0 fully saturated rings. The van der Waals surface area contributed by atoms with Crippen LogP contribution in [0, 0.1) is 5.82 Å². The first-order valence-electron chi connectivity index (χ1n) is 2.94. The van der Waals surface area contributed by atoms with E-state index < -0.39 is 12.2 Å². The molecule has 0 atom stereocenters. The quantitative estimate of drug-likeness (QED) is 0.628. The minimum Gasteiger partial charge on any atom is -0.398 e. The third-order valence-electron chi connectivity index (χ3n) is 1.28. The van der Waals surface area contributed by atoms with Crippen molar-refractivity contribution in [1.29, 1.82) is 0 Å². The second kappa shape index (κ2) is 2.82. The molecule has 0 aliphatic rings. The van der Waals surface area contributed by atoms with Gasteiger partial charge < -0.3 is 5.73 Å². The van der Waals surface area contributed by atoms with E-state index in [1.54, 1.807) is 0 Å². The van der Waals surface area contributed by atoms with Gasteiger partial charge in [0.05, 0.1) is 0 Å². The first-order chi connectivity index (χ1) is 5.11. The number of hydrogen-bond donors (Lipinski definition) is 1. The number of alkyl halides is 2. The molecule has 1 rings (SSSR count). The number of nitrogen functional groups attached to an aromatic ring is 1. The predicted molar refractivity (Wildman–Crippen MR) is 35.8 cm³/mol. The van der Waals surface area contributed by atoms with Crippen molar-refractivity contribution in [3.05, 3.63) is 29.6 Å². The summed E-state index contributed by atoms with van der Waals surface area (Å²) >= 11 is 0. The highest BCUT2D eigenvalue weighted by atomic mass is 19.3. The minimum atomic E-state index is -2.64. The van der Waals surface area contributed by atoms with E-state index in [9.17, 15) is 13.2 Å². The van der Waals surface area contributed by atoms with Gasteiger partial charge >= 0.3 is 0 Å². The van der Waals surface area contributed by atoms with Crippen LogP contribution in [0.2, 0.25) is 0 Å². The fourth-order valence-electron chi connectivity index (χ4n) is 0.744. The maximum Gasteiger partial charge on any atom is 0.265 e. The normalized spacial score (nSPS) is 10.5. The molecule has 0 saturated carbocycles. The van der Waals surface area contributed by atoms with Gasteiger partial charge in [0, 0.05) is 11.3 Å². The highest BCUT2D eigenvalue weighted by molar-refractivity contribution is 5.47. The molecule has 0 aromatic heterocycles. The van der Waals surface area contributed by atoms with Gasteiger partial charge in [0.15, 0.2) is 0 Å². The van der Waals surface area contributed by atoms with E-state index in [0.717, 1.165) is 18.2 Å². The van der Waals surface area contributed by atoms with E-state index >= 15 is 0 Å². The second-order valence-corrected chi connectivity index (χ2v) is 2.07. The molecule has 11 heavy (non-hydrogen) atoms. The Morgan fingerprint density at radius 3 is 2.36 bits per heavy atom. The van der Waals surface area contributed by atoms with E-state index in [1.807, 2.05) is 0 Å². The van der Waals surface area contributed by atoms with Crippen LogP contribution < -0.4 is 5.73 Å². The molecule has 0 amide bonds. The van der Waals surface area contributed by atoms with Crippen LogP contribution in [0.4, 0.5) is 18.9 Å². The lowest BCUT2D eigenvalue weighted by atomic mass is 10.2. The van der Waals surface area contributed by atoms with Crippen molar-refractivity contribution in [2.24, 2.45) is 0 Å². The summed E-state index contributed by atoms with van der Waals surface area (Å²) in [6, 6.07) is 2.81. The van der Waals surface area contributed by atoms with E-state index in [1.165, 1.54) is 0 Å². The van der Waals surface area contributed by atoms with Crippen molar-refractivity contribution in [3.8, 4) is 0 Å². The first kappa shape index (κ1) is 7.91. The smallest absolute Gasteiger partial charge is 0.265 e. The summed E-state index contributed by atoms with van der Waals surface area (Å²) in [6.07, 6.45) is -2.64. The van der Waals surface area contributed by atoms with Crippen molar-refractivity contribution in [3.63, 3.8) is 0 Å². The van der Waals surface area contributed by atoms with Crippen LogP contribution in [-0.4, -0.2) is 0 Å². The summed E-state index contributed by atoms with van der Waals surface area (Å²) in [6.45, 7) is 0. The summed E-state index contributed by atoms with van der Waals surface area (Å²) in [4.78, 5) is 0. The fourth-order valence-corrected chi connectivity index (χ4v) is 0.744. The average Bonchev–Trinajstić information content (AvgIpc) is 1.85. The molecule has 2 N–H and O–H groups in total. The highest BCUT2D eigenvalue weighted by Gasteiger charge is 2.10. The monoisotopic (exact) mass is 161 g/mol. The third-order valence-corrected chi connectivity index (χ3v) is 1.28. The standard InChI is InChI=1S/C7H6F3N/c8-4-1-2-5(7(9)10)6(11)3-4/h1-3,7H,11H2. The number of benzene rings is 1. The maximum absolute atomic E-state index is 12.3. The number of anilines is 1. The number of nitrogens with two attached hydrogens (primary N) is 1. The third kappa shape index (κ3) is 1.63. The van der Waals surface area contributed by atoms with Gasteiger partial charge in [-0.2, -0.15) is 0 Å². The summed E-state index contributed by atoms with van der Waals surface area (Å²) in [5, 5.41) is 0. The molecule has 1 nitrogen and oxygen atoms in total. The van der Waals surface area contributed by atoms with Crippen molar-refractivity contribution in [2.45, 2.75) is 6.43 Å². The minimum absolute atomic E-state index is 0.208. The summed E-state index contributed by atoms with van der Waals surface area (Å²) in [5.41, 5.74) is 4.57. The molecule has 0 aliphatic heterocycles. The molecule has 4 heteroatoms. The molecular formula is C7H6F3N. The fraction of sp³-hybridized carbons (Fsp3) is 0.143. The van der Waals surface area contributed by atoms with Gasteiger partial charge in [-0.3, -0.25) is 0 Å². The molecule has 0 unspecified atom stereocenters. The van der Waals surface area contributed by atoms with Gasteiger partial charge in [-0.05, 0) is 18.2 Å². The molecule has 0 radical (unpaired) electrons. The molecule has 0 saturated heterocycles. The Morgan fingerprint density at radius 2 is 1.91 bits per heavy atom. The maximum atomic E-state index is 12.3. The highest BCUT2D eigenvalue weighted by Crippen LogP contribution is 2.24. The van der Waals surface area contributed by atoms with Crippen LogP contribution in [0.15, 0.2) is 18.2 Å². The number of halogens is 3. The Morgan fingerprint density at radius 1 is 1.27 bits per heavy atom. The zero-order chi connectivity index (χ0) is 8.43. The van der Waals surface area contributed by atoms with Crippen LogP contribution in [0.25, 0.3) is 0 Å². The predicted octanol–water partition coefficient (Wildman–Crippen LogP) is 2.35. The topological polar surface area (TPSA) is 26.0 Å². The second-order valence-electron chi connectivity index (χ2n) is 2.07. The lowest BCUT2D eigenvalue weighted by molar-refractivity contribution is 0.152. The summed E-state index contributed by atoms with van der Waals surface area (Å²) in [7, 11) is 0. The lowest BCUT2D eigenvalue weighted by Gasteiger charge is -2.02. The lowest BCUT2D eigenvalue weighted by Crippen LogP contribution is -1.94. The van der Waals surface area contributed by atoms with Crippen LogP contribution in [-0.2, 0) is 0 Å². The van der Waals surface area contributed by atoms with E-state index in [0.29, 0.717) is 0 Å². The van der Waals surface area contributed by atoms with Gasteiger partial charge in [-0.25, -0.2) is 13.2 Å². The number of rotatable bonds is 1. The van der Waals surface area contributed by atoms with Gasteiger partial charge in [0.25, 0.3) is 6.43 Å². The Bertz CT molecular complexity index is 260. The molecular weight excluding hydrogens is 155 g/mol. The molecule has 1 aromatic rings. The van der Waals surface area contributed by atoms with Crippen LogP contribution >= 0.6 is 0 Å². The van der Waals surface area contributed by atoms with Gasteiger partial charge in [-0.1, -0.05) is 0 Å². The van der Waals surface area contributed by atoms with E-state index in [2.05, 4.69) is 0 Å². The van der Waals surface area contributed by atoms with Crippen LogP contribution in [0.3, 0.4) is 0 Å². The molecule has 0 aliphatic carbocycles. The Labute approximate surface area is 61.6 Å². The Hall–Kier alpha value is -1.19. The van der Waals surface area contributed by atoms with Crippen LogP contribution in [0.1, 0.15) is 12.0 Å². The van der Waals surface area contributed by atoms with Crippen molar-refractivity contribution < 1.29 is 13.2 Å². The van der Waals surface area contributed by atoms with Gasteiger partial charge in [0.1, 0.15) is 5.82 Å². The van der Waals surface area contributed by atoms with E-state index in [4.69, 9.17) is 5.73 Å². The molecule has 0 spiro atoms. The summed E-state index contributed by atoms with van der Waals surface area (Å²) in [5.74, 6) is -0.605. The summed E-state index contributed by atoms with van der Waals surface area (Å²) < 4.78 is 36.2. The molecule has 60 valence electrons. The zero-order valence-electron chi connectivity index (χ0n) is 5.52. The first-order valence-corrected chi connectivity index (χ1v) is 2.94. The Kier molecular flexibility index (Phi) is 2.03. The largest absolute Gasteiger partial charge is 0.398 e. The van der Waals surface area contributed by atoms with E-state index in [-0.39, 0.29) is 11.3 Å². The molecule has 0 heterocycles.